The van der Waals surface area contributed by atoms with Gasteiger partial charge in [-0.2, -0.15) is 0 Å². The van der Waals surface area contributed by atoms with Crippen molar-refractivity contribution in [2.45, 2.75) is 40.2 Å². The molecule has 1 unspecified atom stereocenters. The number of aromatic nitrogens is 2. The van der Waals surface area contributed by atoms with Gasteiger partial charge in [0.25, 0.3) is 0 Å². The summed E-state index contributed by atoms with van der Waals surface area (Å²) in [6.45, 7) is 10.0. The van der Waals surface area contributed by atoms with E-state index in [1.807, 2.05) is 12.5 Å². The van der Waals surface area contributed by atoms with Crippen LogP contribution in [0.3, 0.4) is 0 Å². The Morgan fingerprint density at radius 1 is 1.47 bits per heavy atom. The maximum absolute atomic E-state index is 4.19. The van der Waals surface area contributed by atoms with Crippen molar-refractivity contribution in [3.8, 4) is 0 Å². The average Bonchev–Trinajstić information content (AvgIpc) is 2.51. The van der Waals surface area contributed by atoms with Crippen LogP contribution in [0.25, 0.3) is 0 Å². The van der Waals surface area contributed by atoms with Gasteiger partial charge in [-0.1, -0.05) is 27.7 Å². The van der Waals surface area contributed by atoms with Gasteiger partial charge in [-0.3, -0.25) is 0 Å². The molecule has 0 saturated heterocycles. The summed E-state index contributed by atoms with van der Waals surface area (Å²) in [5.41, 5.74) is 1.47. The van der Waals surface area contributed by atoms with Crippen LogP contribution in [0.5, 0.6) is 0 Å². The van der Waals surface area contributed by atoms with Crippen molar-refractivity contribution in [1.29, 1.82) is 0 Å². The molecule has 0 aromatic carbocycles. The molecule has 0 aliphatic carbocycles. The number of nitrogens with one attached hydrogen (secondary N) is 1. The van der Waals surface area contributed by atoms with E-state index < -0.39 is 0 Å². The van der Waals surface area contributed by atoms with Gasteiger partial charge >= 0.3 is 0 Å². The molecule has 0 amide bonds. The van der Waals surface area contributed by atoms with Gasteiger partial charge in [-0.05, 0) is 18.4 Å². The van der Waals surface area contributed by atoms with E-state index in [2.05, 4.69) is 49.6 Å². The summed E-state index contributed by atoms with van der Waals surface area (Å²) in [4.78, 5) is 4.19. The minimum absolute atomic E-state index is 0.211. The van der Waals surface area contributed by atoms with E-state index in [1.165, 1.54) is 5.69 Å². The summed E-state index contributed by atoms with van der Waals surface area (Å²) >= 11 is 0. The van der Waals surface area contributed by atoms with Crippen molar-refractivity contribution in [2.24, 2.45) is 12.5 Å². The van der Waals surface area contributed by atoms with Crippen LogP contribution >= 0.6 is 0 Å². The Bertz CT molecular complexity index is 296. The Morgan fingerprint density at radius 2 is 2.13 bits per heavy atom. The van der Waals surface area contributed by atoms with Gasteiger partial charge in [0.1, 0.15) is 0 Å². The van der Waals surface area contributed by atoms with Crippen molar-refractivity contribution in [3.05, 3.63) is 18.2 Å². The van der Waals surface area contributed by atoms with E-state index in [0.717, 1.165) is 13.0 Å². The van der Waals surface area contributed by atoms with Crippen LogP contribution in [0.4, 0.5) is 0 Å². The van der Waals surface area contributed by atoms with Crippen molar-refractivity contribution < 1.29 is 0 Å². The Balaban J connectivity index is 2.87. The molecule has 0 bridgehead atoms. The molecule has 0 aliphatic rings. The van der Waals surface area contributed by atoms with Gasteiger partial charge in [0, 0.05) is 13.2 Å². The van der Waals surface area contributed by atoms with E-state index in [1.54, 1.807) is 0 Å². The number of imidazole rings is 1. The zero-order chi connectivity index (χ0) is 11.5. The first kappa shape index (κ1) is 12.2. The van der Waals surface area contributed by atoms with E-state index in [-0.39, 0.29) is 5.41 Å². The second-order valence-corrected chi connectivity index (χ2v) is 5.18. The first-order valence-corrected chi connectivity index (χ1v) is 5.66. The Morgan fingerprint density at radius 3 is 2.53 bits per heavy atom. The fourth-order valence-corrected chi connectivity index (χ4v) is 1.79. The van der Waals surface area contributed by atoms with Crippen LogP contribution in [0.1, 0.15) is 45.9 Å². The lowest BCUT2D eigenvalue weighted by molar-refractivity contribution is 0.264. The maximum Gasteiger partial charge on any atom is 0.0946 e. The molecule has 0 spiro atoms. The molecule has 1 heterocycles. The summed E-state index contributed by atoms with van der Waals surface area (Å²) in [6, 6.07) is 0.366. The summed E-state index contributed by atoms with van der Waals surface area (Å²) in [5, 5.41) is 3.59. The van der Waals surface area contributed by atoms with Crippen molar-refractivity contribution >= 4 is 0 Å². The highest BCUT2D eigenvalue weighted by atomic mass is 15.1. The SMILES string of the molecule is CCCNC(c1cncn1C)C(C)(C)C. The molecule has 0 aliphatic heterocycles. The second-order valence-electron chi connectivity index (χ2n) is 5.18. The van der Waals surface area contributed by atoms with Crippen molar-refractivity contribution in [1.82, 2.24) is 14.9 Å². The normalized spacial score (nSPS) is 14.2. The molecule has 0 radical (unpaired) electrons. The molecule has 3 nitrogen and oxygen atoms in total. The zero-order valence-electron chi connectivity index (χ0n) is 10.5. The molecule has 1 N–H and O–H groups in total. The zero-order valence-corrected chi connectivity index (χ0v) is 10.5. The smallest absolute Gasteiger partial charge is 0.0946 e. The lowest BCUT2D eigenvalue weighted by Crippen LogP contribution is -2.34. The van der Waals surface area contributed by atoms with Gasteiger partial charge in [0.05, 0.1) is 18.1 Å². The van der Waals surface area contributed by atoms with Crippen LogP contribution in [0.15, 0.2) is 12.5 Å². The summed E-state index contributed by atoms with van der Waals surface area (Å²) < 4.78 is 2.10. The summed E-state index contributed by atoms with van der Waals surface area (Å²) in [5.74, 6) is 0. The molecule has 86 valence electrons. The third-order valence-electron chi connectivity index (χ3n) is 2.61. The Labute approximate surface area is 92.9 Å². The van der Waals surface area contributed by atoms with Gasteiger partial charge in [0.15, 0.2) is 0 Å². The number of hydrogen-bond acceptors (Lipinski definition) is 2. The lowest BCUT2D eigenvalue weighted by atomic mass is 9.85. The molecule has 0 fully saturated rings. The second kappa shape index (κ2) is 4.79. The van der Waals surface area contributed by atoms with Crippen LogP contribution in [0, 0.1) is 5.41 Å². The quantitative estimate of drug-likeness (QED) is 0.825. The molecule has 1 atom stereocenters. The van der Waals surface area contributed by atoms with Crippen LogP contribution in [-0.4, -0.2) is 16.1 Å². The number of rotatable bonds is 4. The molecule has 1 aromatic heterocycles. The van der Waals surface area contributed by atoms with Gasteiger partial charge < -0.3 is 9.88 Å². The number of aryl methyl sites for hydroxylation is 1. The standard InChI is InChI=1S/C12H23N3/c1-6-7-14-11(12(2,3)4)10-8-13-9-15(10)5/h8-9,11,14H,6-7H2,1-5H3. The Kier molecular flexibility index (Phi) is 3.91. The highest BCUT2D eigenvalue weighted by Crippen LogP contribution is 2.32. The van der Waals surface area contributed by atoms with Gasteiger partial charge in [0.2, 0.25) is 0 Å². The fourth-order valence-electron chi connectivity index (χ4n) is 1.79. The van der Waals surface area contributed by atoms with Crippen molar-refractivity contribution in [2.75, 3.05) is 6.54 Å². The number of nitrogens with zero attached hydrogens (tertiary/aromatic N) is 2. The topological polar surface area (TPSA) is 29.9 Å². The fraction of sp³-hybridized carbons (Fsp3) is 0.750. The van der Waals surface area contributed by atoms with Crippen LogP contribution < -0.4 is 5.32 Å². The minimum Gasteiger partial charge on any atom is -0.336 e. The molecule has 15 heavy (non-hydrogen) atoms. The predicted octanol–water partition coefficient (Wildman–Crippen LogP) is 2.51. The maximum atomic E-state index is 4.19. The van der Waals surface area contributed by atoms with Gasteiger partial charge in [-0.15, -0.1) is 0 Å². The highest BCUT2D eigenvalue weighted by molar-refractivity contribution is 5.08. The third kappa shape index (κ3) is 3.06. The van der Waals surface area contributed by atoms with Crippen molar-refractivity contribution in [3.63, 3.8) is 0 Å². The number of hydrogen-bond donors (Lipinski definition) is 1. The first-order chi connectivity index (χ1) is 6.96. The van der Waals surface area contributed by atoms with Gasteiger partial charge in [-0.25, -0.2) is 4.98 Å². The lowest BCUT2D eigenvalue weighted by Gasteiger charge is -2.31. The average molecular weight is 209 g/mol. The van der Waals surface area contributed by atoms with E-state index >= 15 is 0 Å². The summed E-state index contributed by atoms with van der Waals surface area (Å²) in [7, 11) is 2.05. The molecule has 0 saturated carbocycles. The van der Waals surface area contributed by atoms with Crippen LogP contribution in [0.2, 0.25) is 0 Å². The molecular weight excluding hydrogens is 186 g/mol. The molecule has 1 rings (SSSR count). The molecule has 3 heteroatoms. The molecular formula is C12H23N3. The highest BCUT2D eigenvalue weighted by Gasteiger charge is 2.27. The monoisotopic (exact) mass is 209 g/mol. The summed E-state index contributed by atoms with van der Waals surface area (Å²) in [6.07, 6.45) is 4.98. The van der Waals surface area contributed by atoms with E-state index in [9.17, 15) is 0 Å². The predicted molar refractivity (Wildman–Crippen MR) is 63.7 cm³/mol. The largest absolute Gasteiger partial charge is 0.336 e. The Hall–Kier alpha value is -0.830. The molecule has 1 aromatic rings. The minimum atomic E-state index is 0.211. The first-order valence-electron chi connectivity index (χ1n) is 5.66. The van der Waals surface area contributed by atoms with E-state index in [0.29, 0.717) is 6.04 Å². The van der Waals surface area contributed by atoms with Crippen LogP contribution in [-0.2, 0) is 7.05 Å². The third-order valence-corrected chi connectivity index (χ3v) is 2.61. The van der Waals surface area contributed by atoms with E-state index in [4.69, 9.17) is 0 Å².